The molecule has 1 aliphatic carbocycles. The summed E-state index contributed by atoms with van der Waals surface area (Å²) < 4.78 is 5.20. The van der Waals surface area contributed by atoms with Gasteiger partial charge in [-0.05, 0) is 53.7 Å². The summed E-state index contributed by atoms with van der Waals surface area (Å²) in [6.45, 7) is 4.11. The van der Waals surface area contributed by atoms with E-state index in [4.69, 9.17) is 0 Å². The van der Waals surface area contributed by atoms with Crippen LogP contribution in [0.25, 0.3) is 0 Å². The van der Waals surface area contributed by atoms with Gasteiger partial charge in [-0.2, -0.15) is 5.10 Å². The van der Waals surface area contributed by atoms with Gasteiger partial charge in [0.1, 0.15) is 5.82 Å². The van der Waals surface area contributed by atoms with Crippen molar-refractivity contribution in [1.82, 2.24) is 29.5 Å². The van der Waals surface area contributed by atoms with Crippen molar-refractivity contribution in [2.24, 2.45) is 19.5 Å². The highest BCUT2D eigenvalue weighted by molar-refractivity contribution is 9.10. The molecule has 2 aromatic rings. The monoisotopic (exact) mass is 392 g/mol. The quantitative estimate of drug-likeness (QED) is 0.845. The topological polar surface area (TPSA) is 50.9 Å². The van der Waals surface area contributed by atoms with Gasteiger partial charge in [-0.1, -0.05) is 0 Å². The lowest BCUT2D eigenvalue weighted by atomic mass is 9.93. The van der Waals surface area contributed by atoms with Crippen LogP contribution in [0.3, 0.4) is 0 Å². The molecule has 7 heteroatoms. The van der Waals surface area contributed by atoms with Crippen LogP contribution in [0.1, 0.15) is 30.8 Å². The Morgan fingerprint density at radius 3 is 2.75 bits per heavy atom. The van der Waals surface area contributed by atoms with Gasteiger partial charge < -0.3 is 9.88 Å². The molecule has 24 heavy (non-hydrogen) atoms. The van der Waals surface area contributed by atoms with Gasteiger partial charge in [0.15, 0.2) is 0 Å². The Kier molecular flexibility index (Phi) is 4.26. The third kappa shape index (κ3) is 2.93. The molecule has 1 spiro atoms. The van der Waals surface area contributed by atoms with E-state index in [1.54, 1.807) is 0 Å². The zero-order chi connectivity index (χ0) is 16.7. The normalized spacial score (nSPS) is 22.4. The molecule has 2 fully saturated rings. The largest absolute Gasteiger partial charge is 0.337 e. The van der Waals surface area contributed by atoms with Gasteiger partial charge in [0, 0.05) is 39.1 Å². The highest BCUT2D eigenvalue weighted by Gasteiger charge is 2.56. The van der Waals surface area contributed by atoms with Crippen molar-refractivity contribution in [3.05, 3.63) is 34.6 Å². The zero-order valence-electron chi connectivity index (χ0n) is 14.4. The Balaban J connectivity index is 1.57. The molecule has 0 bridgehead atoms. The molecule has 6 nitrogen and oxygen atoms in total. The van der Waals surface area contributed by atoms with E-state index in [2.05, 4.69) is 47.8 Å². The SMILES string of the molecule is Cn1ccnc1CN(Cc1c(Br)cnn1C)C1CC12CCNCC2. The summed E-state index contributed by atoms with van der Waals surface area (Å²) in [6, 6.07) is 0.651. The Hall–Kier alpha value is -1.18. The highest BCUT2D eigenvalue weighted by atomic mass is 79.9. The van der Waals surface area contributed by atoms with Crippen LogP contribution in [0.4, 0.5) is 0 Å². The second-order valence-electron chi connectivity index (χ2n) is 7.25. The third-order valence-electron chi connectivity index (χ3n) is 5.82. The van der Waals surface area contributed by atoms with Gasteiger partial charge >= 0.3 is 0 Å². The second-order valence-corrected chi connectivity index (χ2v) is 8.11. The van der Waals surface area contributed by atoms with Gasteiger partial charge in [-0.25, -0.2) is 4.98 Å². The predicted octanol–water partition coefficient (Wildman–Crippen LogP) is 2.06. The van der Waals surface area contributed by atoms with E-state index >= 15 is 0 Å². The molecule has 1 unspecified atom stereocenters. The Morgan fingerprint density at radius 2 is 2.12 bits per heavy atom. The molecule has 1 saturated heterocycles. The Labute approximate surface area is 151 Å². The van der Waals surface area contributed by atoms with Crippen molar-refractivity contribution in [2.75, 3.05) is 13.1 Å². The van der Waals surface area contributed by atoms with Gasteiger partial charge in [-0.3, -0.25) is 9.58 Å². The summed E-state index contributed by atoms with van der Waals surface area (Å²) in [5, 5.41) is 7.88. The highest BCUT2D eigenvalue weighted by Crippen LogP contribution is 2.56. The molecule has 0 amide bonds. The summed E-state index contributed by atoms with van der Waals surface area (Å²) in [5.74, 6) is 1.13. The standard InChI is InChI=1S/C17H25BrN6/c1-22-8-7-20-16(22)12-24(11-14-13(18)10-21-23(14)2)15-9-17(15)3-5-19-6-4-17/h7-8,10,15,19H,3-6,9,11-12H2,1-2H3. The lowest BCUT2D eigenvalue weighted by molar-refractivity contribution is 0.178. The number of nitrogens with zero attached hydrogens (tertiary/aromatic N) is 5. The molecule has 1 aliphatic heterocycles. The van der Waals surface area contributed by atoms with Crippen LogP contribution in [0.5, 0.6) is 0 Å². The van der Waals surface area contributed by atoms with E-state index in [0.29, 0.717) is 11.5 Å². The summed E-state index contributed by atoms with van der Waals surface area (Å²) in [4.78, 5) is 7.15. The van der Waals surface area contributed by atoms with Gasteiger partial charge in [-0.15, -0.1) is 0 Å². The van der Waals surface area contributed by atoms with Crippen LogP contribution >= 0.6 is 15.9 Å². The number of rotatable bonds is 5. The first-order valence-electron chi connectivity index (χ1n) is 8.66. The van der Waals surface area contributed by atoms with Crippen LogP contribution in [-0.2, 0) is 27.2 Å². The first kappa shape index (κ1) is 16.3. The van der Waals surface area contributed by atoms with E-state index < -0.39 is 0 Å². The minimum absolute atomic E-state index is 0.515. The fraction of sp³-hybridized carbons (Fsp3) is 0.647. The fourth-order valence-corrected chi connectivity index (χ4v) is 4.59. The van der Waals surface area contributed by atoms with Crippen molar-refractivity contribution in [3.63, 3.8) is 0 Å². The summed E-state index contributed by atoms with van der Waals surface area (Å²) >= 11 is 3.65. The van der Waals surface area contributed by atoms with Gasteiger partial charge in [0.2, 0.25) is 0 Å². The molecule has 2 aliphatic rings. The minimum Gasteiger partial charge on any atom is -0.337 e. The molecule has 0 aromatic carbocycles. The average molecular weight is 393 g/mol. The maximum absolute atomic E-state index is 4.55. The van der Waals surface area contributed by atoms with E-state index in [-0.39, 0.29) is 0 Å². The van der Waals surface area contributed by atoms with Crippen molar-refractivity contribution >= 4 is 15.9 Å². The van der Waals surface area contributed by atoms with E-state index in [9.17, 15) is 0 Å². The Bertz CT molecular complexity index is 695. The number of nitrogens with one attached hydrogen (secondary N) is 1. The van der Waals surface area contributed by atoms with E-state index in [0.717, 1.165) is 36.5 Å². The first-order valence-corrected chi connectivity index (χ1v) is 9.46. The summed E-state index contributed by atoms with van der Waals surface area (Å²) in [6.07, 6.45) is 9.71. The number of imidazole rings is 1. The maximum atomic E-state index is 4.55. The number of piperidine rings is 1. The second kappa shape index (κ2) is 6.28. The number of halogens is 1. The molecule has 0 radical (unpaired) electrons. The number of aromatic nitrogens is 4. The predicted molar refractivity (Wildman–Crippen MR) is 96.3 cm³/mol. The van der Waals surface area contributed by atoms with Crippen molar-refractivity contribution in [3.8, 4) is 0 Å². The smallest absolute Gasteiger partial charge is 0.122 e. The first-order chi connectivity index (χ1) is 11.6. The van der Waals surface area contributed by atoms with E-state index in [1.807, 2.05) is 30.3 Å². The third-order valence-corrected chi connectivity index (χ3v) is 6.48. The molecule has 1 saturated carbocycles. The van der Waals surface area contributed by atoms with E-state index in [1.165, 1.54) is 25.0 Å². The molecule has 1 N–H and O–H groups in total. The van der Waals surface area contributed by atoms with Crippen LogP contribution in [0.15, 0.2) is 23.1 Å². The number of hydrogen-bond donors (Lipinski definition) is 1. The summed E-state index contributed by atoms with van der Waals surface area (Å²) in [5.41, 5.74) is 1.75. The number of hydrogen-bond acceptors (Lipinski definition) is 4. The van der Waals surface area contributed by atoms with Gasteiger partial charge in [0.25, 0.3) is 0 Å². The maximum Gasteiger partial charge on any atom is 0.122 e. The molecular weight excluding hydrogens is 368 g/mol. The number of aryl methyl sites for hydroxylation is 2. The van der Waals surface area contributed by atoms with Crippen LogP contribution in [-0.4, -0.2) is 43.4 Å². The lowest BCUT2D eigenvalue weighted by Gasteiger charge is -2.29. The molecule has 3 heterocycles. The molecule has 130 valence electrons. The molecule has 4 rings (SSSR count). The van der Waals surface area contributed by atoms with Crippen molar-refractivity contribution < 1.29 is 0 Å². The molecule has 2 aromatic heterocycles. The average Bonchev–Trinajstić information content (AvgIpc) is 2.93. The molecular formula is C17H25BrN6. The molecule has 1 atom stereocenters. The van der Waals surface area contributed by atoms with Crippen LogP contribution in [0, 0.1) is 5.41 Å². The summed E-state index contributed by atoms with van der Waals surface area (Å²) in [7, 11) is 4.10. The van der Waals surface area contributed by atoms with Crippen LogP contribution in [0.2, 0.25) is 0 Å². The van der Waals surface area contributed by atoms with Crippen LogP contribution < -0.4 is 5.32 Å². The Morgan fingerprint density at radius 1 is 1.33 bits per heavy atom. The zero-order valence-corrected chi connectivity index (χ0v) is 16.0. The van der Waals surface area contributed by atoms with Gasteiger partial charge in [0.05, 0.1) is 22.9 Å². The van der Waals surface area contributed by atoms with Crippen molar-refractivity contribution in [2.45, 2.75) is 38.4 Å². The van der Waals surface area contributed by atoms with Crippen molar-refractivity contribution in [1.29, 1.82) is 0 Å². The minimum atomic E-state index is 0.515. The lowest BCUT2D eigenvalue weighted by Crippen LogP contribution is -2.36. The fourth-order valence-electron chi connectivity index (χ4n) is 4.12.